The van der Waals surface area contributed by atoms with Gasteiger partial charge in [0.25, 0.3) is 5.91 Å². The van der Waals surface area contributed by atoms with Crippen LogP contribution < -0.4 is 9.80 Å². The van der Waals surface area contributed by atoms with Gasteiger partial charge in [-0.15, -0.1) is 0 Å². The number of carbonyl (C=O) groups is 3. The van der Waals surface area contributed by atoms with Crippen LogP contribution in [-0.4, -0.2) is 45.8 Å². The van der Waals surface area contributed by atoms with Gasteiger partial charge in [0.1, 0.15) is 11.2 Å². The summed E-state index contributed by atoms with van der Waals surface area (Å²) in [5.41, 5.74) is 1.77. The number of hydrogen-bond donors (Lipinski definition) is 0. The highest BCUT2D eigenvalue weighted by atomic mass is 16.6. The van der Waals surface area contributed by atoms with E-state index in [-0.39, 0.29) is 17.8 Å². The lowest BCUT2D eigenvalue weighted by molar-refractivity contribution is 0.0431. The van der Waals surface area contributed by atoms with Gasteiger partial charge in [-0.05, 0) is 104 Å². The number of para-hydroxylation sites is 1. The van der Waals surface area contributed by atoms with E-state index in [1.807, 2.05) is 62.4 Å². The standard InChI is InChI=1S/C36H40N4O5/c1-24(2)20-22-39(26-14-10-9-11-15-26)32(41)28-17-19-30-27(16-18-29(38-30)25-13-12-21-37-23-25)31(28)40(33(42)44-35(3,4)5)34(43)45-36(6,7)8/h9-21,23H,22H2,1-8H3. The first-order valence-corrected chi connectivity index (χ1v) is 14.7. The van der Waals surface area contributed by atoms with Gasteiger partial charge in [-0.2, -0.15) is 4.90 Å². The molecule has 2 aromatic carbocycles. The number of imide groups is 1. The zero-order valence-electron chi connectivity index (χ0n) is 27.1. The average Bonchev–Trinajstić information content (AvgIpc) is 2.96. The molecule has 2 heterocycles. The van der Waals surface area contributed by atoms with Crippen molar-refractivity contribution in [2.45, 2.75) is 66.6 Å². The molecule has 9 nitrogen and oxygen atoms in total. The summed E-state index contributed by atoms with van der Waals surface area (Å²) in [6.45, 7) is 14.4. The van der Waals surface area contributed by atoms with Gasteiger partial charge in [-0.3, -0.25) is 9.78 Å². The zero-order chi connectivity index (χ0) is 32.9. The number of anilines is 2. The minimum atomic E-state index is -0.981. The van der Waals surface area contributed by atoms with Gasteiger partial charge in [-0.25, -0.2) is 14.6 Å². The molecule has 234 valence electrons. The summed E-state index contributed by atoms with van der Waals surface area (Å²) in [5.74, 6) is -0.427. The number of nitrogens with zero attached hydrogens (tertiary/aromatic N) is 4. The molecular weight excluding hydrogens is 568 g/mol. The van der Waals surface area contributed by atoms with Crippen molar-refractivity contribution in [2.24, 2.45) is 0 Å². The third-order valence-electron chi connectivity index (χ3n) is 6.40. The van der Waals surface area contributed by atoms with Crippen LogP contribution in [0.1, 0.15) is 65.7 Å². The Balaban J connectivity index is 2.01. The summed E-state index contributed by atoms with van der Waals surface area (Å²) in [7, 11) is 0. The zero-order valence-corrected chi connectivity index (χ0v) is 27.1. The number of fused-ring (bicyclic) bond motifs is 1. The van der Waals surface area contributed by atoms with E-state index in [4.69, 9.17) is 14.5 Å². The fourth-order valence-corrected chi connectivity index (χ4v) is 4.48. The van der Waals surface area contributed by atoms with Gasteiger partial charge in [0.05, 0.1) is 22.5 Å². The Labute approximate surface area is 264 Å². The third-order valence-corrected chi connectivity index (χ3v) is 6.40. The van der Waals surface area contributed by atoms with Crippen molar-refractivity contribution in [1.29, 1.82) is 0 Å². The largest absolute Gasteiger partial charge is 0.443 e. The quantitative estimate of drug-likeness (QED) is 0.202. The van der Waals surface area contributed by atoms with Crippen LogP contribution in [0.3, 0.4) is 0 Å². The summed E-state index contributed by atoms with van der Waals surface area (Å²) in [6, 6.07) is 19.7. The lowest BCUT2D eigenvalue weighted by Gasteiger charge is -2.31. The number of benzene rings is 2. The number of rotatable bonds is 6. The van der Waals surface area contributed by atoms with Gasteiger partial charge in [0.15, 0.2) is 0 Å². The third kappa shape index (κ3) is 8.32. The topological polar surface area (TPSA) is 102 Å². The molecule has 2 aromatic heterocycles. The van der Waals surface area contributed by atoms with Crippen LogP contribution in [0.2, 0.25) is 0 Å². The van der Waals surface area contributed by atoms with Crippen molar-refractivity contribution in [3.63, 3.8) is 0 Å². The van der Waals surface area contributed by atoms with Crippen LogP contribution in [0.4, 0.5) is 21.0 Å². The maximum Gasteiger partial charge on any atom is 0.424 e. The number of amides is 3. The molecule has 0 fully saturated rings. The minimum Gasteiger partial charge on any atom is -0.443 e. The smallest absolute Gasteiger partial charge is 0.424 e. The molecule has 0 saturated carbocycles. The number of hydrogen-bond acceptors (Lipinski definition) is 7. The molecule has 0 N–H and O–H groups in total. The molecule has 0 bridgehead atoms. The van der Waals surface area contributed by atoms with Crippen molar-refractivity contribution < 1.29 is 23.9 Å². The highest BCUT2D eigenvalue weighted by Crippen LogP contribution is 2.36. The maximum atomic E-state index is 14.6. The number of aromatic nitrogens is 2. The van der Waals surface area contributed by atoms with E-state index < -0.39 is 29.3 Å². The van der Waals surface area contributed by atoms with E-state index in [2.05, 4.69) is 4.98 Å². The van der Waals surface area contributed by atoms with E-state index >= 15 is 0 Å². The first kappa shape index (κ1) is 32.9. The fourth-order valence-electron chi connectivity index (χ4n) is 4.48. The summed E-state index contributed by atoms with van der Waals surface area (Å²) in [5, 5.41) is 0.389. The van der Waals surface area contributed by atoms with Crippen molar-refractivity contribution in [2.75, 3.05) is 16.3 Å². The Kier molecular flexibility index (Phi) is 9.71. The molecule has 45 heavy (non-hydrogen) atoms. The molecular formula is C36H40N4O5. The molecule has 0 saturated heterocycles. The lowest BCUT2D eigenvalue weighted by Crippen LogP contribution is -2.45. The number of allylic oxidation sites excluding steroid dienone is 1. The molecule has 0 atom stereocenters. The van der Waals surface area contributed by atoms with Gasteiger partial charge >= 0.3 is 12.2 Å². The molecule has 0 aliphatic heterocycles. The first-order chi connectivity index (χ1) is 21.1. The van der Waals surface area contributed by atoms with E-state index in [0.29, 0.717) is 22.3 Å². The molecule has 9 heteroatoms. The van der Waals surface area contributed by atoms with Gasteiger partial charge < -0.3 is 14.4 Å². The van der Waals surface area contributed by atoms with Crippen molar-refractivity contribution >= 4 is 40.4 Å². The molecule has 4 rings (SSSR count). The van der Waals surface area contributed by atoms with Crippen LogP contribution in [0.15, 0.2) is 90.8 Å². The molecule has 4 aromatic rings. The van der Waals surface area contributed by atoms with Crippen molar-refractivity contribution in [1.82, 2.24) is 9.97 Å². The van der Waals surface area contributed by atoms with E-state index in [1.54, 1.807) is 83.1 Å². The summed E-state index contributed by atoms with van der Waals surface area (Å²) in [4.78, 5) is 53.8. The Morgan fingerprint density at radius 3 is 2.00 bits per heavy atom. The van der Waals surface area contributed by atoms with Crippen LogP contribution in [0.25, 0.3) is 22.2 Å². The second-order valence-electron chi connectivity index (χ2n) is 12.8. The molecule has 3 amide bonds. The van der Waals surface area contributed by atoms with Gasteiger partial charge in [0, 0.05) is 35.6 Å². The maximum absolute atomic E-state index is 14.6. The van der Waals surface area contributed by atoms with Crippen LogP contribution in [-0.2, 0) is 9.47 Å². The van der Waals surface area contributed by atoms with Crippen LogP contribution in [0.5, 0.6) is 0 Å². The first-order valence-electron chi connectivity index (χ1n) is 14.7. The minimum absolute atomic E-state index is 0.0179. The summed E-state index contributed by atoms with van der Waals surface area (Å²) >= 11 is 0. The van der Waals surface area contributed by atoms with Crippen LogP contribution >= 0.6 is 0 Å². The van der Waals surface area contributed by atoms with Crippen LogP contribution in [0, 0.1) is 0 Å². The molecule has 0 unspecified atom stereocenters. The number of pyridine rings is 2. The predicted octanol–water partition coefficient (Wildman–Crippen LogP) is 8.59. The van der Waals surface area contributed by atoms with E-state index in [0.717, 1.165) is 16.0 Å². The number of ether oxygens (including phenoxy) is 2. The SMILES string of the molecule is CC(C)=CCN(C(=O)c1ccc2nc(-c3cccnc3)ccc2c1N(C(=O)OC(C)(C)C)C(=O)OC(C)(C)C)c1ccccc1. The monoisotopic (exact) mass is 608 g/mol. The van der Waals surface area contributed by atoms with Crippen molar-refractivity contribution in [3.05, 3.63) is 96.3 Å². The predicted molar refractivity (Wildman–Crippen MR) is 177 cm³/mol. The lowest BCUT2D eigenvalue weighted by atomic mass is 10.0. The average molecular weight is 609 g/mol. The molecule has 0 radical (unpaired) electrons. The Hall–Kier alpha value is -5.05. The molecule has 0 spiro atoms. The van der Waals surface area contributed by atoms with E-state index in [9.17, 15) is 14.4 Å². The highest BCUT2D eigenvalue weighted by Gasteiger charge is 2.37. The Morgan fingerprint density at radius 1 is 0.800 bits per heavy atom. The summed E-state index contributed by atoms with van der Waals surface area (Å²) in [6.07, 6.45) is 3.35. The van der Waals surface area contributed by atoms with Crippen molar-refractivity contribution in [3.8, 4) is 11.3 Å². The molecule has 0 aliphatic rings. The normalized spacial score (nSPS) is 11.5. The highest BCUT2D eigenvalue weighted by molar-refractivity contribution is 6.22. The molecule has 0 aliphatic carbocycles. The van der Waals surface area contributed by atoms with Gasteiger partial charge in [0.2, 0.25) is 0 Å². The number of carbonyl (C=O) groups excluding carboxylic acids is 3. The Morgan fingerprint density at radius 2 is 1.44 bits per heavy atom. The fraction of sp³-hybridized carbons (Fsp3) is 0.306. The second-order valence-corrected chi connectivity index (χ2v) is 12.8. The second kappa shape index (κ2) is 13.3. The van der Waals surface area contributed by atoms with E-state index in [1.165, 1.54) is 0 Å². The summed E-state index contributed by atoms with van der Waals surface area (Å²) < 4.78 is 11.4. The van der Waals surface area contributed by atoms with Gasteiger partial charge in [-0.1, -0.05) is 29.8 Å². The Bertz CT molecular complexity index is 1690.